The zero-order valence-electron chi connectivity index (χ0n) is 20.7. The van der Waals surface area contributed by atoms with Gasteiger partial charge in [-0.1, -0.05) is 18.7 Å². The third kappa shape index (κ3) is 4.35. The van der Waals surface area contributed by atoms with Gasteiger partial charge in [-0.3, -0.25) is 14.4 Å². The number of aliphatic hydroxyl groups is 1. The van der Waals surface area contributed by atoms with Crippen molar-refractivity contribution in [1.29, 1.82) is 0 Å². The third-order valence-electron chi connectivity index (χ3n) is 6.57. The van der Waals surface area contributed by atoms with E-state index in [0.29, 0.717) is 54.9 Å². The molecular weight excluding hydrogens is 476 g/mol. The van der Waals surface area contributed by atoms with Crippen LogP contribution in [0, 0.1) is 0 Å². The summed E-state index contributed by atoms with van der Waals surface area (Å²) in [5.74, 6) is 1.21. The van der Waals surface area contributed by atoms with Crippen molar-refractivity contribution in [2.45, 2.75) is 25.6 Å². The van der Waals surface area contributed by atoms with Crippen LogP contribution in [0.15, 0.2) is 49.4 Å². The van der Waals surface area contributed by atoms with Gasteiger partial charge in [0, 0.05) is 37.1 Å². The second-order valence-corrected chi connectivity index (χ2v) is 8.75. The number of urea groups is 1. The van der Waals surface area contributed by atoms with Gasteiger partial charge in [-0.25, -0.2) is 9.78 Å². The first kappa shape index (κ1) is 24.3. The van der Waals surface area contributed by atoms with Gasteiger partial charge >= 0.3 is 6.03 Å². The summed E-state index contributed by atoms with van der Waals surface area (Å²) in [4.78, 5) is 40.1. The van der Waals surface area contributed by atoms with E-state index in [0.717, 1.165) is 11.1 Å². The van der Waals surface area contributed by atoms with Crippen molar-refractivity contribution in [3.63, 3.8) is 0 Å². The number of para-hydroxylation sites is 1. The number of fused-ring (bicyclic) bond motifs is 2. The minimum Gasteiger partial charge on any atom is -0.495 e. The lowest BCUT2D eigenvalue weighted by Crippen LogP contribution is -2.49. The maximum Gasteiger partial charge on any atom is 0.326 e. The molecule has 2 aliphatic rings. The van der Waals surface area contributed by atoms with Gasteiger partial charge in [-0.2, -0.15) is 10.1 Å². The molecule has 12 nitrogen and oxygen atoms in total. The maximum atomic E-state index is 13.6. The number of hydrogen-bond donors (Lipinski definition) is 2. The lowest BCUT2D eigenvalue weighted by molar-refractivity contribution is -0.114. The maximum absolute atomic E-state index is 13.6. The molecule has 5 rings (SSSR count). The highest BCUT2D eigenvalue weighted by atomic mass is 16.5. The van der Waals surface area contributed by atoms with Crippen molar-refractivity contribution >= 4 is 35.1 Å². The highest BCUT2D eigenvalue weighted by Crippen LogP contribution is 2.45. The van der Waals surface area contributed by atoms with Gasteiger partial charge in [0.1, 0.15) is 11.6 Å². The van der Waals surface area contributed by atoms with Gasteiger partial charge in [-0.15, -0.1) is 0 Å². The van der Waals surface area contributed by atoms with E-state index in [4.69, 9.17) is 9.84 Å². The van der Waals surface area contributed by atoms with Crippen LogP contribution in [-0.4, -0.2) is 69.0 Å². The van der Waals surface area contributed by atoms with Crippen molar-refractivity contribution in [3.05, 3.63) is 60.6 Å². The standard InChI is InChI=1S/C25H28N8O4/c1-4-21(35)32-9-8-19(18-6-5-7-20(37-3)22(18)32)33-14-16-12-26-24(29-23(16)30(2)25(33)36)28-17-13-27-31(15-17)10-11-34/h4-7,12-13,15,19,34H,1,8-11,14H2,2-3H3,(H,26,28,29)/t19-/m0/s1. The molecule has 12 heteroatoms. The van der Waals surface area contributed by atoms with Crippen LogP contribution < -0.4 is 19.9 Å². The van der Waals surface area contributed by atoms with Crippen molar-refractivity contribution < 1.29 is 19.4 Å². The molecule has 4 heterocycles. The van der Waals surface area contributed by atoms with E-state index in [1.54, 1.807) is 53.3 Å². The minimum absolute atomic E-state index is 0.0132. The number of carbonyl (C=O) groups is 2. The van der Waals surface area contributed by atoms with Crippen LogP contribution in [-0.2, 0) is 17.9 Å². The van der Waals surface area contributed by atoms with Crippen LogP contribution in [0.2, 0.25) is 0 Å². The van der Waals surface area contributed by atoms with Gasteiger partial charge < -0.3 is 25.0 Å². The monoisotopic (exact) mass is 504 g/mol. The number of carbonyl (C=O) groups excluding carboxylic acids is 2. The van der Waals surface area contributed by atoms with Crippen LogP contribution in [0.4, 0.5) is 27.9 Å². The number of ether oxygens (including phenoxy) is 1. The van der Waals surface area contributed by atoms with Crippen molar-refractivity contribution in [1.82, 2.24) is 24.6 Å². The van der Waals surface area contributed by atoms with Gasteiger partial charge in [0.15, 0.2) is 0 Å². The Morgan fingerprint density at radius 3 is 2.95 bits per heavy atom. The Hall–Kier alpha value is -4.45. The fourth-order valence-corrected chi connectivity index (χ4v) is 4.85. The zero-order chi connectivity index (χ0) is 26.1. The Bertz CT molecular complexity index is 1360. The van der Waals surface area contributed by atoms with E-state index in [1.165, 1.54) is 11.0 Å². The molecule has 3 amide bonds. The Kier molecular flexibility index (Phi) is 6.49. The Morgan fingerprint density at radius 1 is 1.35 bits per heavy atom. The van der Waals surface area contributed by atoms with Gasteiger partial charge in [-0.05, 0) is 18.6 Å². The van der Waals surface area contributed by atoms with E-state index in [2.05, 4.69) is 27.0 Å². The van der Waals surface area contributed by atoms with Gasteiger partial charge in [0.25, 0.3) is 0 Å². The summed E-state index contributed by atoms with van der Waals surface area (Å²) in [6.45, 7) is 4.74. The summed E-state index contributed by atoms with van der Waals surface area (Å²) >= 11 is 0. The van der Waals surface area contributed by atoms with Crippen LogP contribution >= 0.6 is 0 Å². The highest BCUT2D eigenvalue weighted by molar-refractivity contribution is 6.03. The molecule has 0 saturated heterocycles. The molecule has 0 unspecified atom stereocenters. The quantitative estimate of drug-likeness (QED) is 0.470. The molecule has 0 spiro atoms. The summed E-state index contributed by atoms with van der Waals surface area (Å²) in [5.41, 5.74) is 2.97. The van der Waals surface area contributed by atoms with E-state index in [-0.39, 0.29) is 24.6 Å². The molecule has 37 heavy (non-hydrogen) atoms. The predicted molar refractivity (Wildman–Crippen MR) is 137 cm³/mol. The molecular formula is C25H28N8O4. The molecule has 192 valence electrons. The van der Waals surface area contributed by atoms with Crippen LogP contribution in [0.3, 0.4) is 0 Å². The summed E-state index contributed by atoms with van der Waals surface area (Å²) in [6.07, 6.45) is 6.91. The SMILES string of the molecule is C=CC(=O)N1CC[C@H](N2Cc3cnc(Nc4cnn(CCO)c4)nc3N(C)C2=O)c2cccc(OC)c21. The smallest absolute Gasteiger partial charge is 0.326 e. The number of hydrogen-bond acceptors (Lipinski definition) is 8. The van der Waals surface area contributed by atoms with Crippen LogP contribution in [0.1, 0.15) is 23.6 Å². The second kappa shape index (κ2) is 9.90. The number of rotatable bonds is 7. The molecule has 0 fully saturated rings. The Labute approximate surface area is 213 Å². The fraction of sp³-hybridized carbons (Fsp3) is 0.320. The summed E-state index contributed by atoms with van der Waals surface area (Å²) in [5, 5.41) is 16.3. The zero-order valence-corrected chi connectivity index (χ0v) is 20.7. The topological polar surface area (TPSA) is 129 Å². The molecule has 1 aromatic carbocycles. The highest BCUT2D eigenvalue weighted by Gasteiger charge is 2.39. The molecule has 0 radical (unpaired) electrons. The molecule has 0 bridgehead atoms. The average molecular weight is 505 g/mol. The Morgan fingerprint density at radius 2 is 2.19 bits per heavy atom. The number of aromatic nitrogens is 4. The minimum atomic E-state index is -0.266. The van der Waals surface area contributed by atoms with Gasteiger partial charge in [0.05, 0.1) is 50.4 Å². The molecule has 0 saturated carbocycles. The number of anilines is 4. The summed E-state index contributed by atoms with van der Waals surface area (Å²) in [6, 6.07) is 5.13. The molecule has 0 aliphatic carbocycles. The number of aliphatic hydroxyl groups excluding tert-OH is 1. The first-order valence-electron chi connectivity index (χ1n) is 11.9. The van der Waals surface area contributed by atoms with Gasteiger partial charge in [0.2, 0.25) is 11.9 Å². The van der Waals surface area contributed by atoms with E-state index in [1.807, 2.05) is 12.1 Å². The molecule has 1 atom stereocenters. The molecule has 2 aromatic heterocycles. The van der Waals surface area contributed by atoms with Crippen LogP contribution in [0.5, 0.6) is 5.75 Å². The van der Waals surface area contributed by atoms with E-state index >= 15 is 0 Å². The predicted octanol–water partition coefficient (Wildman–Crippen LogP) is 2.45. The number of methoxy groups -OCH3 is 1. The number of nitrogens with one attached hydrogen (secondary N) is 1. The lowest BCUT2D eigenvalue weighted by atomic mass is 9.93. The van der Waals surface area contributed by atoms with Crippen molar-refractivity contribution in [2.75, 3.05) is 42.4 Å². The lowest BCUT2D eigenvalue weighted by Gasteiger charge is -2.43. The number of nitrogens with zero attached hydrogens (tertiary/aromatic N) is 7. The fourth-order valence-electron chi connectivity index (χ4n) is 4.85. The summed E-state index contributed by atoms with van der Waals surface area (Å²) in [7, 11) is 3.25. The Balaban J connectivity index is 1.44. The van der Waals surface area contributed by atoms with Crippen molar-refractivity contribution in [3.8, 4) is 5.75 Å². The largest absolute Gasteiger partial charge is 0.495 e. The van der Waals surface area contributed by atoms with E-state index < -0.39 is 0 Å². The normalized spacial score (nSPS) is 16.8. The second-order valence-electron chi connectivity index (χ2n) is 8.75. The number of benzene rings is 1. The van der Waals surface area contributed by atoms with Crippen LogP contribution in [0.25, 0.3) is 0 Å². The first-order valence-corrected chi connectivity index (χ1v) is 11.9. The third-order valence-corrected chi connectivity index (χ3v) is 6.57. The summed E-state index contributed by atoms with van der Waals surface area (Å²) < 4.78 is 7.17. The van der Waals surface area contributed by atoms with Crippen molar-refractivity contribution in [2.24, 2.45) is 0 Å². The number of amides is 3. The molecule has 2 aliphatic heterocycles. The molecule has 2 N–H and O–H groups in total. The molecule has 3 aromatic rings. The average Bonchev–Trinajstić information content (AvgIpc) is 3.36. The van der Waals surface area contributed by atoms with E-state index in [9.17, 15) is 9.59 Å². The first-order chi connectivity index (χ1) is 17.9.